The van der Waals surface area contributed by atoms with Gasteiger partial charge in [-0.2, -0.15) is 0 Å². The van der Waals surface area contributed by atoms with E-state index in [1.54, 1.807) is 6.07 Å². The molecule has 1 rings (SSSR count). The number of aromatic hydroxyl groups is 1. The fourth-order valence-electron chi connectivity index (χ4n) is 1.32. The molecule has 0 amide bonds. The summed E-state index contributed by atoms with van der Waals surface area (Å²) in [5.74, 6) is 0.322. The molecule has 0 aliphatic rings. The number of benzene rings is 1. The van der Waals surface area contributed by atoms with E-state index in [1.165, 1.54) is 18.4 Å². The van der Waals surface area contributed by atoms with Gasteiger partial charge in [0.05, 0.1) is 5.69 Å². The smallest absolute Gasteiger partial charge is 0.138 e. The number of unbranched alkanes of at least 4 members (excludes halogenated alkanes) is 1. The Hall–Kier alpha value is -1.18. The second kappa shape index (κ2) is 4.75. The van der Waals surface area contributed by atoms with E-state index in [1.807, 2.05) is 19.2 Å². The summed E-state index contributed by atoms with van der Waals surface area (Å²) in [5, 5.41) is 12.4. The topological polar surface area (TPSA) is 32.3 Å². The van der Waals surface area contributed by atoms with Crippen LogP contribution >= 0.6 is 0 Å². The van der Waals surface area contributed by atoms with E-state index < -0.39 is 0 Å². The van der Waals surface area contributed by atoms with Gasteiger partial charge in [-0.25, -0.2) is 0 Å². The maximum atomic E-state index is 9.40. The van der Waals surface area contributed by atoms with Gasteiger partial charge in [-0.3, -0.25) is 0 Å². The number of anilines is 1. The van der Waals surface area contributed by atoms with Gasteiger partial charge in [0, 0.05) is 7.05 Å². The quantitative estimate of drug-likeness (QED) is 0.696. The summed E-state index contributed by atoms with van der Waals surface area (Å²) in [6, 6.07) is 5.73. The van der Waals surface area contributed by atoms with E-state index in [-0.39, 0.29) is 0 Å². The van der Waals surface area contributed by atoms with Gasteiger partial charge < -0.3 is 10.4 Å². The van der Waals surface area contributed by atoms with Gasteiger partial charge in [-0.15, -0.1) is 0 Å². The first-order chi connectivity index (χ1) is 6.27. The van der Waals surface area contributed by atoms with Gasteiger partial charge in [-0.05, 0) is 30.5 Å². The van der Waals surface area contributed by atoms with Crippen molar-refractivity contribution in [2.24, 2.45) is 0 Å². The van der Waals surface area contributed by atoms with Gasteiger partial charge in [0.2, 0.25) is 0 Å². The van der Waals surface area contributed by atoms with Crippen LogP contribution in [0.15, 0.2) is 18.2 Å². The van der Waals surface area contributed by atoms with E-state index >= 15 is 0 Å². The Balaban J connectivity index is 2.74. The normalized spacial score (nSPS) is 10.0. The standard InChI is InChI=1S/C11H17NO/c1-3-4-5-9-6-7-11(13)10(8-9)12-2/h6-8,12-13H,3-5H2,1-2H3. The second-order valence-electron chi connectivity index (χ2n) is 3.21. The van der Waals surface area contributed by atoms with Crippen LogP contribution < -0.4 is 5.32 Å². The molecule has 1 aromatic carbocycles. The molecule has 1 aromatic rings. The zero-order valence-electron chi connectivity index (χ0n) is 8.30. The third kappa shape index (κ3) is 2.65. The fraction of sp³-hybridized carbons (Fsp3) is 0.455. The van der Waals surface area contributed by atoms with Crippen molar-refractivity contribution in [3.8, 4) is 5.75 Å². The highest BCUT2D eigenvalue weighted by atomic mass is 16.3. The Morgan fingerprint density at radius 2 is 2.15 bits per heavy atom. The molecule has 2 heteroatoms. The van der Waals surface area contributed by atoms with Crippen molar-refractivity contribution in [1.82, 2.24) is 0 Å². The van der Waals surface area contributed by atoms with Crippen LogP contribution in [0.1, 0.15) is 25.3 Å². The van der Waals surface area contributed by atoms with Crippen LogP contribution in [0, 0.1) is 0 Å². The molecule has 0 unspecified atom stereocenters. The molecule has 0 fully saturated rings. The number of rotatable bonds is 4. The van der Waals surface area contributed by atoms with Crippen LogP contribution in [0.25, 0.3) is 0 Å². The van der Waals surface area contributed by atoms with Gasteiger partial charge in [0.1, 0.15) is 5.75 Å². The molecule has 0 radical (unpaired) electrons. The fourth-order valence-corrected chi connectivity index (χ4v) is 1.32. The molecule has 0 aromatic heterocycles. The first-order valence-corrected chi connectivity index (χ1v) is 4.77. The summed E-state index contributed by atoms with van der Waals surface area (Å²) in [4.78, 5) is 0. The molecule has 0 aliphatic carbocycles. The minimum atomic E-state index is 0.322. The Morgan fingerprint density at radius 1 is 1.38 bits per heavy atom. The third-order valence-electron chi connectivity index (χ3n) is 2.15. The van der Waals surface area contributed by atoms with Crippen LogP contribution in [-0.4, -0.2) is 12.2 Å². The van der Waals surface area contributed by atoms with E-state index in [9.17, 15) is 5.11 Å². The summed E-state index contributed by atoms with van der Waals surface area (Å²) >= 11 is 0. The highest BCUT2D eigenvalue weighted by molar-refractivity contribution is 5.56. The van der Waals surface area contributed by atoms with Crippen molar-refractivity contribution < 1.29 is 5.11 Å². The van der Waals surface area contributed by atoms with Crippen LogP contribution in [0.5, 0.6) is 5.75 Å². The van der Waals surface area contributed by atoms with Crippen LogP contribution in [0.3, 0.4) is 0 Å². The Kier molecular flexibility index (Phi) is 3.62. The number of hydrogen-bond donors (Lipinski definition) is 2. The average Bonchev–Trinajstić information content (AvgIpc) is 2.16. The number of phenolic OH excluding ortho intramolecular Hbond substituents is 1. The zero-order valence-corrected chi connectivity index (χ0v) is 8.30. The monoisotopic (exact) mass is 179 g/mol. The maximum absolute atomic E-state index is 9.40. The van der Waals surface area contributed by atoms with Crippen molar-refractivity contribution in [1.29, 1.82) is 0 Å². The van der Waals surface area contributed by atoms with Crippen molar-refractivity contribution in [2.45, 2.75) is 26.2 Å². The Morgan fingerprint density at radius 3 is 2.77 bits per heavy atom. The van der Waals surface area contributed by atoms with Crippen molar-refractivity contribution in [3.63, 3.8) is 0 Å². The molecular formula is C11H17NO. The number of nitrogens with one attached hydrogen (secondary N) is 1. The molecular weight excluding hydrogens is 162 g/mol. The van der Waals surface area contributed by atoms with Crippen molar-refractivity contribution >= 4 is 5.69 Å². The first-order valence-electron chi connectivity index (χ1n) is 4.77. The van der Waals surface area contributed by atoms with Crippen LogP contribution in [0.2, 0.25) is 0 Å². The van der Waals surface area contributed by atoms with Crippen LogP contribution in [0.4, 0.5) is 5.69 Å². The highest BCUT2D eigenvalue weighted by Gasteiger charge is 1.99. The average molecular weight is 179 g/mol. The summed E-state index contributed by atoms with van der Waals surface area (Å²) in [6.07, 6.45) is 3.50. The lowest BCUT2D eigenvalue weighted by atomic mass is 10.1. The number of aryl methyl sites for hydroxylation is 1. The zero-order chi connectivity index (χ0) is 9.68. The van der Waals surface area contributed by atoms with E-state index in [2.05, 4.69) is 12.2 Å². The summed E-state index contributed by atoms with van der Waals surface area (Å²) in [5.41, 5.74) is 2.10. The lowest BCUT2D eigenvalue weighted by Gasteiger charge is -2.06. The molecule has 72 valence electrons. The predicted molar refractivity (Wildman–Crippen MR) is 56.3 cm³/mol. The largest absolute Gasteiger partial charge is 0.506 e. The highest BCUT2D eigenvalue weighted by Crippen LogP contribution is 2.24. The van der Waals surface area contributed by atoms with Crippen molar-refractivity contribution in [2.75, 3.05) is 12.4 Å². The second-order valence-corrected chi connectivity index (χ2v) is 3.21. The molecule has 13 heavy (non-hydrogen) atoms. The molecule has 0 heterocycles. The molecule has 0 atom stereocenters. The minimum absolute atomic E-state index is 0.322. The minimum Gasteiger partial charge on any atom is -0.506 e. The molecule has 0 saturated heterocycles. The van der Waals surface area contributed by atoms with E-state index in [0.717, 1.165) is 12.1 Å². The summed E-state index contributed by atoms with van der Waals surface area (Å²) in [6.45, 7) is 2.18. The van der Waals surface area contributed by atoms with E-state index in [0.29, 0.717) is 5.75 Å². The molecule has 2 nitrogen and oxygen atoms in total. The molecule has 0 bridgehead atoms. The summed E-state index contributed by atoms with van der Waals surface area (Å²) in [7, 11) is 1.82. The summed E-state index contributed by atoms with van der Waals surface area (Å²) < 4.78 is 0. The van der Waals surface area contributed by atoms with Gasteiger partial charge in [-0.1, -0.05) is 19.4 Å². The van der Waals surface area contributed by atoms with Gasteiger partial charge >= 0.3 is 0 Å². The van der Waals surface area contributed by atoms with E-state index in [4.69, 9.17) is 0 Å². The molecule has 0 saturated carbocycles. The third-order valence-corrected chi connectivity index (χ3v) is 2.15. The number of hydrogen-bond acceptors (Lipinski definition) is 2. The Labute approximate surface area is 79.6 Å². The lowest BCUT2D eigenvalue weighted by molar-refractivity contribution is 0.477. The predicted octanol–water partition coefficient (Wildman–Crippen LogP) is 2.78. The Bertz CT molecular complexity index is 271. The van der Waals surface area contributed by atoms with Gasteiger partial charge in [0.15, 0.2) is 0 Å². The molecule has 0 spiro atoms. The maximum Gasteiger partial charge on any atom is 0.138 e. The molecule has 2 N–H and O–H groups in total. The van der Waals surface area contributed by atoms with Crippen molar-refractivity contribution in [3.05, 3.63) is 23.8 Å². The van der Waals surface area contributed by atoms with Gasteiger partial charge in [0.25, 0.3) is 0 Å². The lowest BCUT2D eigenvalue weighted by Crippen LogP contribution is -1.91. The molecule has 0 aliphatic heterocycles. The SMILES string of the molecule is CCCCc1ccc(O)c(NC)c1. The number of phenols is 1. The first kappa shape index (κ1) is 9.90. The van der Waals surface area contributed by atoms with Crippen LogP contribution in [-0.2, 0) is 6.42 Å².